The van der Waals surface area contributed by atoms with Gasteiger partial charge in [0.05, 0.1) is 23.9 Å². The number of hydrogen-bond donors (Lipinski definition) is 1. The predicted molar refractivity (Wildman–Crippen MR) is 85.8 cm³/mol. The highest BCUT2D eigenvalue weighted by atomic mass is 16.5. The van der Waals surface area contributed by atoms with Crippen molar-refractivity contribution in [1.29, 1.82) is 5.26 Å². The lowest BCUT2D eigenvalue weighted by Gasteiger charge is -2.21. The van der Waals surface area contributed by atoms with Gasteiger partial charge in [-0.2, -0.15) is 10.4 Å². The Morgan fingerprint density at radius 2 is 2.23 bits per heavy atom. The second-order valence-corrected chi connectivity index (χ2v) is 5.47. The van der Waals surface area contributed by atoms with E-state index in [0.29, 0.717) is 12.2 Å². The lowest BCUT2D eigenvalue weighted by Crippen LogP contribution is -2.36. The van der Waals surface area contributed by atoms with Gasteiger partial charge in [0.15, 0.2) is 0 Å². The first-order chi connectivity index (χ1) is 10.6. The molecule has 1 N–H and O–H groups in total. The van der Waals surface area contributed by atoms with Crippen molar-refractivity contribution < 1.29 is 4.74 Å². The maximum Gasteiger partial charge on any atom is 0.120 e. The van der Waals surface area contributed by atoms with Crippen LogP contribution in [-0.4, -0.2) is 29.0 Å². The van der Waals surface area contributed by atoms with E-state index in [2.05, 4.69) is 30.3 Å². The minimum atomic E-state index is 0.274. The van der Waals surface area contributed by atoms with Crippen molar-refractivity contribution in [1.82, 2.24) is 15.1 Å². The van der Waals surface area contributed by atoms with E-state index >= 15 is 0 Å². The van der Waals surface area contributed by atoms with Crippen LogP contribution < -0.4 is 10.1 Å². The summed E-state index contributed by atoms with van der Waals surface area (Å²) < 4.78 is 7.63. The van der Waals surface area contributed by atoms with Crippen LogP contribution >= 0.6 is 0 Å². The van der Waals surface area contributed by atoms with Crippen molar-refractivity contribution in [2.75, 3.05) is 13.2 Å². The van der Waals surface area contributed by atoms with Crippen LogP contribution in [0.25, 0.3) is 0 Å². The Balaban J connectivity index is 1.75. The third-order valence-electron chi connectivity index (χ3n) is 3.67. The van der Waals surface area contributed by atoms with Crippen molar-refractivity contribution in [2.45, 2.75) is 32.9 Å². The SMILES string of the molecule is Cc1cnn([C@H](C)[C@@H](C)NCCOc2cccc(C#N)c2)c1. The molecule has 0 bridgehead atoms. The number of nitriles is 1. The average molecular weight is 298 g/mol. The fourth-order valence-corrected chi connectivity index (χ4v) is 2.17. The number of nitrogens with zero attached hydrogens (tertiary/aromatic N) is 3. The third-order valence-corrected chi connectivity index (χ3v) is 3.67. The van der Waals surface area contributed by atoms with E-state index in [-0.39, 0.29) is 12.1 Å². The topological polar surface area (TPSA) is 62.9 Å². The summed E-state index contributed by atoms with van der Waals surface area (Å²) in [6.07, 6.45) is 3.92. The maximum atomic E-state index is 8.85. The number of nitrogens with one attached hydrogen (secondary N) is 1. The Kier molecular flexibility index (Phi) is 5.56. The van der Waals surface area contributed by atoms with Crippen molar-refractivity contribution in [3.63, 3.8) is 0 Å². The molecule has 5 nitrogen and oxygen atoms in total. The molecule has 1 aromatic carbocycles. The fraction of sp³-hybridized carbons (Fsp3) is 0.412. The van der Waals surface area contributed by atoms with Gasteiger partial charge in [-0.15, -0.1) is 0 Å². The summed E-state index contributed by atoms with van der Waals surface area (Å²) in [6, 6.07) is 9.86. The molecule has 0 saturated heterocycles. The van der Waals surface area contributed by atoms with E-state index in [4.69, 9.17) is 10.00 Å². The van der Waals surface area contributed by atoms with Crippen LogP contribution in [0.1, 0.15) is 31.0 Å². The fourth-order valence-electron chi connectivity index (χ4n) is 2.17. The summed E-state index contributed by atoms with van der Waals surface area (Å²) in [5.74, 6) is 0.726. The standard InChI is InChI=1S/C17H22N4O/c1-13-11-20-21(12-13)15(3)14(2)19-7-8-22-17-6-4-5-16(9-17)10-18/h4-6,9,11-12,14-15,19H,7-8H2,1-3H3/t14-,15-/m1/s1. The lowest BCUT2D eigenvalue weighted by molar-refractivity contribution is 0.289. The zero-order valence-corrected chi connectivity index (χ0v) is 13.3. The smallest absolute Gasteiger partial charge is 0.120 e. The Labute approximate surface area is 131 Å². The van der Waals surface area contributed by atoms with Gasteiger partial charge >= 0.3 is 0 Å². The first kappa shape index (κ1) is 16.1. The highest BCUT2D eigenvalue weighted by Gasteiger charge is 2.13. The normalized spacial score (nSPS) is 13.4. The highest BCUT2D eigenvalue weighted by Crippen LogP contribution is 2.13. The van der Waals surface area contributed by atoms with Crippen molar-refractivity contribution in [3.8, 4) is 11.8 Å². The van der Waals surface area contributed by atoms with Crippen LogP contribution in [0.4, 0.5) is 0 Å². The van der Waals surface area contributed by atoms with Gasteiger partial charge in [-0.1, -0.05) is 6.07 Å². The van der Waals surface area contributed by atoms with Crippen LogP contribution in [0.2, 0.25) is 0 Å². The van der Waals surface area contributed by atoms with Gasteiger partial charge < -0.3 is 10.1 Å². The van der Waals surface area contributed by atoms with Crippen LogP contribution in [0.3, 0.4) is 0 Å². The molecule has 0 unspecified atom stereocenters. The molecule has 0 fully saturated rings. The average Bonchev–Trinajstić information content (AvgIpc) is 2.97. The molecule has 0 aliphatic heterocycles. The first-order valence-electron chi connectivity index (χ1n) is 7.47. The summed E-state index contributed by atoms with van der Waals surface area (Å²) in [5, 5.41) is 16.6. The predicted octanol–water partition coefficient (Wildman–Crippen LogP) is 2.68. The molecule has 2 aromatic rings. The van der Waals surface area contributed by atoms with Gasteiger partial charge in [-0.05, 0) is 44.5 Å². The molecule has 0 saturated carbocycles. The molecule has 0 spiro atoms. The summed E-state index contributed by atoms with van der Waals surface area (Å²) in [5.41, 5.74) is 1.78. The van der Waals surface area contributed by atoms with Gasteiger partial charge in [-0.25, -0.2) is 0 Å². The molecule has 0 amide bonds. The number of rotatable bonds is 7. The van der Waals surface area contributed by atoms with Crippen LogP contribution in [0, 0.1) is 18.3 Å². The summed E-state index contributed by atoms with van der Waals surface area (Å²) in [7, 11) is 0. The first-order valence-corrected chi connectivity index (χ1v) is 7.47. The lowest BCUT2D eigenvalue weighted by atomic mass is 10.2. The van der Waals surface area contributed by atoms with Gasteiger partial charge in [0.25, 0.3) is 0 Å². The maximum absolute atomic E-state index is 8.85. The minimum Gasteiger partial charge on any atom is -0.492 e. The van der Waals surface area contributed by atoms with Gasteiger partial charge in [-0.3, -0.25) is 4.68 Å². The van der Waals surface area contributed by atoms with Crippen LogP contribution in [0.15, 0.2) is 36.7 Å². The van der Waals surface area contributed by atoms with E-state index in [1.807, 2.05) is 36.1 Å². The summed E-state index contributed by atoms with van der Waals surface area (Å²) in [6.45, 7) is 7.61. The van der Waals surface area contributed by atoms with E-state index in [0.717, 1.165) is 12.3 Å². The molecule has 0 aliphatic carbocycles. The second-order valence-electron chi connectivity index (χ2n) is 5.47. The Morgan fingerprint density at radius 1 is 1.41 bits per heavy atom. The molecule has 0 aliphatic rings. The molecule has 22 heavy (non-hydrogen) atoms. The Hall–Kier alpha value is -2.32. The number of hydrogen-bond acceptors (Lipinski definition) is 4. The van der Waals surface area contributed by atoms with Crippen molar-refractivity contribution in [2.24, 2.45) is 0 Å². The summed E-state index contributed by atoms with van der Waals surface area (Å²) in [4.78, 5) is 0. The minimum absolute atomic E-state index is 0.274. The van der Waals surface area contributed by atoms with Crippen LogP contribution in [0.5, 0.6) is 5.75 Å². The largest absolute Gasteiger partial charge is 0.492 e. The number of aromatic nitrogens is 2. The van der Waals surface area contributed by atoms with Gasteiger partial charge in [0.1, 0.15) is 12.4 Å². The number of benzene rings is 1. The molecule has 2 rings (SSSR count). The van der Waals surface area contributed by atoms with E-state index in [9.17, 15) is 0 Å². The van der Waals surface area contributed by atoms with Gasteiger partial charge in [0.2, 0.25) is 0 Å². The van der Waals surface area contributed by atoms with Crippen LogP contribution in [-0.2, 0) is 0 Å². The monoisotopic (exact) mass is 298 g/mol. The molecular weight excluding hydrogens is 276 g/mol. The van der Waals surface area contributed by atoms with Gasteiger partial charge in [0, 0.05) is 18.8 Å². The number of aryl methyl sites for hydroxylation is 1. The molecule has 1 aromatic heterocycles. The molecule has 116 valence electrons. The van der Waals surface area contributed by atoms with Crippen molar-refractivity contribution in [3.05, 3.63) is 47.8 Å². The second kappa shape index (κ2) is 7.62. The van der Waals surface area contributed by atoms with E-state index < -0.39 is 0 Å². The summed E-state index contributed by atoms with van der Waals surface area (Å²) >= 11 is 0. The quantitative estimate of drug-likeness (QED) is 0.798. The molecule has 5 heteroatoms. The highest BCUT2D eigenvalue weighted by molar-refractivity contribution is 5.36. The zero-order chi connectivity index (χ0) is 15.9. The molecular formula is C17H22N4O. The van der Waals surface area contributed by atoms with Crippen molar-refractivity contribution >= 4 is 0 Å². The molecule has 0 radical (unpaired) electrons. The van der Waals surface area contributed by atoms with E-state index in [1.54, 1.807) is 12.1 Å². The zero-order valence-electron chi connectivity index (χ0n) is 13.3. The Morgan fingerprint density at radius 3 is 2.91 bits per heavy atom. The molecule has 1 heterocycles. The third kappa shape index (κ3) is 4.34. The number of ether oxygens (including phenoxy) is 1. The Bertz CT molecular complexity index is 644. The van der Waals surface area contributed by atoms with E-state index in [1.165, 1.54) is 5.56 Å². The molecule has 2 atom stereocenters.